The van der Waals surface area contributed by atoms with E-state index in [0.717, 1.165) is 16.8 Å². The number of hydrogen-bond donors (Lipinski definition) is 0. The molecule has 6 heteroatoms. The molecule has 1 aliphatic heterocycles. The zero-order valence-electron chi connectivity index (χ0n) is 15.1. The van der Waals surface area contributed by atoms with E-state index in [-0.39, 0.29) is 17.6 Å². The summed E-state index contributed by atoms with van der Waals surface area (Å²) in [6, 6.07) is 12.6. The molecule has 0 unspecified atom stereocenters. The second-order valence-corrected chi connectivity index (χ2v) is 6.73. The summed E-state index contributed by atoms with van der Waals surface area (Å²) < 4.78 is 11.2. The quantitative estimate of drug-likeness (QED) is 0.668. The number of fused-ring (bicyclic) bond motifs is 1. The second-order valence-electron chi connectivity index (χ2n) is 6.73. The predicted molar refractivity (Wildman–Crippen MR) is 101 cm³/mol. The first-order valence-electron chi connectivity index (χ1n) is 9.01. The average molecular weight is 364 g/mol. The molecule has 27 heavy (non-hydrogen) atoms. The Morgan fingerprint density at radius 3 is 2.70 bits per heavy atom. The zero-order valence-corrected chi connectivity index (χ0v) is 15.1. The maximum Gasteiger partial charge on any atom is 0.349 e. The molecule has 0 saturated carbocycles. The van der Waals surface area contributed by atoms with Crippen LogP contribution in [-0.4, -0.2) is 35.0 Å². The Bertz CT molecular complexity index is 1020. The van der Waals surface area contributed by atoms with Gasteiger partial charge in [-0.05, 0) is 31.2 Å². The van der Waals surface area contributed by atoms with E-state index in [0.29, 0.717) is 31.5 Å². The molecule has 1 saturated heterocycles. The molecule has 0 radical (unpaired) electrons. The van der Waals surface area contributed by atoms with Crippen LogP contribution < -0.4 is 10.4 Å². The van der Waals surface area contributed by atoms with E-state index < -0.39 is 5.63 Å². The number of piperidine rings is 1. The third-order valence-electron chi connectivity index (χ3n) is 4.79. The SMILES string of the molecule is Cc1ccc(OC2CCN(C(=O)c3cc4ccccc4oc3=O)CC2)cn1. The number of amides is 1. The number of ether oxygens (including phenoxy) is 1. The van der Waals surface area contributed by atoms with E-state index in [9.17, 15) is 9.59 Å². The van der Waals surface area contributed by atoms with E-state index in [4.69, 9.17) is 9.15 Å². The molecule has 1 amide bonds. The Balaban J connectivity index is 1.43. The number of rotatable bonds is 3. The molecule has 3 heterocycles. The van der Waals surface area contributed by atoms with E-state index in [1.54, 1.807) is 29.3 Å². The summed E-state index contributed by atoms with van der Waals surface area (Å²) in [6.45, 7) is 3.00. The molecule has 1 aliphatic rings. The van der Waals surface area contributed by atoms with Gasteiger partial charge >= 0.3 is 5.63 Å². The van der Waals surface area contributed by atoms with Gasteiger partial charge in [-0.1, -0.05) is 18.2 Å². The van der Waals surface area contributed by atoms with Crippen LogP contribution in [0.2, 0.25) is 0 Å². The van der Waals surface area contributed by atoms with Crippen molar-refractivity contribution in [2.24, 2.45) is 0 Å². The fourth-order valence-electron chi connectivity index (χ4n) is 3.27. The third kappa shape index (κ3) is 3.69. The van der Waals surface area contributed by atoms with E-state index in [2.05, 4.69) is 4.98 Å². The summed E-state index contributed by atoms with van der Waals surface area (Å²) in [5, 5.41) is 0.741. The van der Waals surface area contributed by atoms with E-state index in [1.165, 1.54) is 0 Å². The van der Waals surface area contributed by atoms with Gasteiger partial charge in [-0.3, -0.25) is 9.78 Å². The van der Waals surface area contributed by atoms with E-state index >= 15 is 0 Å². The smallest absolute Gasteiger partial charge is 0.349 e. The monoisotopic (exact) mass is 364 g/mol. The van der Waals surface area contributed by atoms with Gasteiger partial charge in [0, 0.05) is 37.0 Å². The van der Waals surface area contributed by atoms with Crippen molar-refractivity contribution in [3.8, 4) is 5.75 Å². The lowest BCUT2D eigenvalue weighted by atomic mass is 10.1. The van der Waals surface area contributed by atoms with Crippen LogP contribution in [0.5, 0.6) is 5.75 Å². The zero-order chi connectivity index (χ0) is 18.8. The van der Waals surface area contributed by atoms with Crippen molar-refractivity contribution in [2.75, 3.05) is 13.1 Å². The average Bonchev–Trinajstić information content (AvgIpc) is 2.69. The molecule has 4 rings (SSSR count). The molecule has 0 spiro atoms. The number of aromatic nitrogens is 1. The molecule has 0 aliphatic carbocycles. The normalized spacial score (nSPS) is 15.1. The highest BCUT2D eigenvalue weighted by Crippen LogP contribution is 2.20. The van der Waals surface area contributed by atoms with Gasteiger partial charge in [-0.25, -0.2) is 4.79 Å². The van der Waals surface area contributed by atoms with Crippen molar-refractivity contribution in [3.05, 3.63) is 70.3 Å². The van der Waals surface area contributed by atoms with Crippen LogP contribution in [0.3, 0.4) is 0 Å². The minimum absolute atomic E-state index is 0.0339. The van der Waals surface area contributed by atoms with Gasteiger partial charge in [0.05, 0.1) is 6.20 Å². The van der Waals surface area contributed by atoms with Crippen molar-refractivity contribution in [1.82, 2.24) is 9.88 Å². The number of likely N-dealkylation sites (tertiary alicyclic amines) is 1. The summed E-state index contributed by atoms with van der Waals surface area (Å²) in [4.78, 5) is 30.9. The first-order valence-corrected chi connectivity index (χ1v) is 9.01. The molecule has 1 aromatic carbocycles. The minimum Gasteiger partial charge on any atom is -0.489 e. The number of para-hydroxylation sites is 1. The Hall–Kier alpha value is -3.15. The van der Waals surface area contributed by atoms with Crippen molar-refractivity contribution < 1.29 is 13.9 Å². The fourth-order valence-corrected chi connectivity index (χ4v) is 3.27. The van der Waals surface area contributed by atoms with Crippen LogP contribution in [0.15, 0.2) is 57.9 Å². The van der Waals surface area contributed by atoms with Gasteiger partial charge in [0.15, 0.2) is 0 Å². The van der Waals surface area contributed by atoms with Gasteiger partial charge in [-0.15, -0.1) is 0 Å². The molecular formula is C21H20N2O4. The summed E-state index contributed by atoms with van der Waals surface area (Å²) in [7, 11) is 0. The minimum atomic E-state index is -0.595. The first-order chi connectivity index (χ1) is 13.1. The molecule has 6 nitrogen and oxygen atoms in total. The fraction of sp³-hybridized carbons (Fsp3) is 0.286. The molecule has 3 aromatic rings. The molecule has 0 N–H and O–H groups in total. The van der Waals surface area contributed by atoms with Crippen molar-refractivity contribution in [3.63, 3.8) is 0 Å². The highest BCUT2D eigenvalue weighted by atomic mass is 16.5. The molecule has 0 atom stereocenters. The maximum absolute atomic E-state index is 12.8. The summed E-state index contributed by atoms with van der Waals surface area (Å²) in [6.07, 6.45) is 3.16. The molecule has 0 bridgehead atoms. The topological polar surface area (TPSA) is 72.6 Å². The lowest BCUT2D eigenvalue weighted by Gasteiger charge is -2.32. The third-order valence-corrected chi connectivity index (χ3v) is 4.79. The number of hydrogen-bond acceptors (Lipinski definition) is 5. The van der Waals surface area contributed by atoms with Crippen molar-refractivity contribution in [1.29, 1.82) is 0 Å². The van der Waals surface area contributed by atoms with Gasteiger partial charge in [-0.2, -0.15) is 0 Å². The van der Waals surface area contributed by atoms with Crippen LogP contribution >= 0.6 is 0 Å². The van der Waals surface area contributed by atoms with Crippen molar-refractivity contribution >= 4 is 16.9 Å². The van der Waals surface area contributed by atoms with Gasteiger partial charge in [0.2, 0.25) is 0 Å². The lowest BCUT2D eigenvalue weighted by Crippen LogP contribution is -2.43. The standard InChI is InChI=1S/C21H20N2O4/c1-14-6-7-17(13-22-14)26-16-8-10-23(11-9-16)20(24)18-12-15-4-2-3-5-19(15)27-21(18)25/h2-7,12-13,16H,8-11H2,1H3. The Morgan fingerprint density at radius 2 is 1.96 bits per heavy atom. The largest absolute Gasteiger partial charge is 0.489 e. The van der Waals surface area contributed by atoms with Crippen molar-refractivity contribution in [2.45, 2.75) is 25.9 Å². The summed E-state index contributed by atoms with van der Waals surface area (Å²) >= 11 is 0. The number of carbonyl (C=O) groups excluding carboxylic acids is 1. The number of carbonyl (C=O) groups is 1. The van der Waals surface area contributed by atoms with Crippen LogP contribution in [0.4, 0.5) is 0 Å². The van der Waals surface area contributed by atoms with Gasteiger partial charge < -0.3 is 14.1 Å². The second kappa shape index (κ2) is 7.23. The molecule has 2 aromatic heterocycles. The number of nitrogens with zero attached hydrogens (tertiary/aromatic N) is 2. The highest BCUT2D eigenvalue weighted by Gasteiger charge is 2.27. The van der Waals surface area contributed by atoms with Crippen LogP contribution in [-0.2, 0) is 0 Å². The Kier molecular flexibility index (Phi) is 4.62. The van der Waals surface area contributed by atoms with Crippen LogP contribution in [0, 0.1) is 6.92 Å². The summed E-state index contributed by atoms with van der Waals surface area (Å²) in [5.74, 6) is 0.450. The lowest BCUT2D eigenvalue weighted by molar-refractivity contribution is 0.0591. The Morgan fingerprint density at radius 1 is 1.19 bits per heavy atom. The number of pyridine rings is 1. The predicted octanol–water partition coefficient (Wildman–Crippen LogP) is 3.18. The molecule has 1 fully saturated rings. The highest BCUT2D eigenvalue weighted by molar-refractivity contribution is 5.96. The summed E-state index contributed by atoms with van der Waals surface area (Å²) in [5.41, 5.74) is 0.911. The molecule has 138 valence electrons. The van der Waals surface area contributed by atoms with Gasteiger partial charge in [0.1, 0.15) is 23.0 Å². The van der Waals surface area contributed by atoms with Gasteiger partial charge in [0.25, 0.3) is 5.91 Å². The Labute approximate surface area is 156 Å². The maximum atomic E-state index is 12.8. The molecular weight excluding hydrogens is 344 g/mol. The van der Waals surface area contributed by atoms with Crippen LogP contribution in [0.1, 0.15) is 28.9 Å². The number of benzene rings is 1. The van der Waals surface area contributed by atoms with Crippen LogP contribution in [0.25, 0.3) is 11.0 Å². The first kappa shape index (κ1) is 17.3. The number of aryl methyl sites for hydroxylation is 1. The van der Waals surface area contributed by atoms with E-state index in [1.807, 2.05) is 31.2 Å².